The SMILES string of the molecule is Nc1nc(=O)n([C@H]2C[C@H](O)[C@@H](CO)O2)cc1-c1ccn(-c2ccccc2)n1. The molecule has 1 aliphatic heterocycles. The Kier molecular flexibility index (Phi) is 4.48. The molecule has 27 heavy (non-hydrogen) atoms. The molecule has 3 atom stereocenters. The lowest BCUT2D eigenvalue weighted by atomic mass is 10.2. The lowest BCUT2D eigenvalue weighted by molar-refractivity contribution is -0.0458. The van der Waals surface area contributed by atoms with E-state index in [9.17, 15) is 15.0 Å². The van der Waals surface area contributed by atoms with Crippen molar-refractivity contribution in [3.05, 3.63) is 59.3 Å². The number of anilines is 1. The molecule has 2 aromatic heterocycles. The van der Waals surface area contributed by atoms with Crippen LogP contribution in [0.25, 0.3) is 16.9 Å². The first-order valence-electron chi connectivity index (χ1n) is 8.51. The lowest BCUT2D eigenvalue weighted by Gasteiger charge is -2.15. The second kappa shape index (κ2) is 6.95. The van der Waals surface area contributed by atoms with E-state index in [-0.39, 0.29) is 18.8 Å². The van der Waals surface area contributed by atoms with Gasteiger partial charge < -0.3 is 20.7 Å². The number of hydrogen-bond acceptors (Lipinski definition) is 7. The molecule has 0 spiro atoms. The zero-order valence-corrected chi connectivity index (χ0v) is 14.3. The molecule has 3 heterocycles. The van der Waals surface area contributed by atoms with Crippen molar-refractivity contribution in [1.82, 2.24) is 19.3 Å². The van der Waals surface area contributed by atoms with E-state index in [0.717, 1.165) is 5.69 Å². The van der Waals surface area contributed by atoms with Gasteiger partial charge in [-0.15, -0.1) is 0 Å². The van der Waals surface area contributed by atoms with Gasteiger partial charge in [0.2, 0.25) is 0 Å². The molecule has 9 nitrogen and oxygen atoms in total. The van der Waals surface area contributed by atoms with E-state index in [1.54, 1.807) is 16.9 Å². The summed E-state index contributed by atoms with van der Waals surface area (Å²) in [5.41, 5.74) is 7.28. The van der Waals surface area contributed by atoms with Gasteiger partial charge in [0.1, 0.15) is 18.1 Å². The Hall–Kier alpha value is -3.01. The molecular formula is C18H19N5O4. The summed E-state index contributed by atoms with van der Waals surface area (Å²) >= 11 is 0. The maximum atomic E-state index is 12.3. The summed E-state index contributed by atoms with van der Waals surface area (Å²) in [7, 11) is 0. The molecule has 1 aliphatic rings. The first-order chi connectivity index (χ1) is 13.1. The fourth-order valence-corrected chi connectivity index (χ4v) is 3.13. The van der Waals surface area contributed by atoms with Crippen LogP contribution in [0.2, 0.25) is 0 Å². The summed E-state index contributed by atoms with van der Waals surface area (Å²) in [5.74, 6) is 0.0619. The zero-order chi connectivity index (χ0) is 19.0. The van der Waals surface area contributed by atoms with E-state index in [0.29, 0.717) is 11.3 Å². The third-order valence-electron chi connectivity index (χ3n) is 4.56. The van der Waals surface area contributed by atoms with Gasteiger partial charge in [-0.25, -0.2) is 9.48 Å². The van der Waals surface area contributed by atoms with Crippen LogP contribution >= 0.6 is 0 Å². The van der Waals surface area contributed by atoms with Gasteiger partial charge in [-0.3, -0.25) is 4.57 Å². The predicted octanol–water partition coefficient (Wildman–Crippen LogP) is 0.319. The Morgan fingerprint density at radius 3 is 2.74 bits per heavy atom. The van der Waals surface area contributed by atoms with E-state index in [1.165, 1.54) is 10.8 Å². The van der Waals surface area contributed by atoms with Gasteiger partial charge in [0, 0.05) is 18.8 Å². The minimum absolute atomic E-state index is 0.0619. The van der Waals surface area contributed by atoms with Crippen molar-refractivity contribution in [2.45, 2.75) is 24.9 Å². The van der Waals surface area contributed by atoms with Gasteiger partial charge in [-0.05, 0) is 18.2 Å². The Bertz CT molecular complexity index is 1000. The van der Waals surface area contributed by atoms with Crippen LogP contribution in [0.1, 0.15) is 12.6 Å². The number of aliphatic hydroxyl groups excluding tert-OH is 2. The second-order valence-electron chi connectivity index (χ2n) is 6.33. The molecular weight excluding hydrogens is 350 g/mol. The average molecular weight is 369 g/mol. The Balaban J connectivity index is 1.70. The Labute approximate surface area is 154 Å². The highest BCUT2D eigenvalue weighted by Gasteiger charge is 2.35. The van der Waals surface area contributed by atoms with Gasteiger partial charge in [-0.1, -0.05) is 18.2 Å². The lowest BCUT2D eigenvalue weighted by Crippen LogP contribution is -2.28. The number of aliphatic hydroxyl groups is 2. The van der Waals surface area contributed by atoms with E-state index < -0.39 is 24.1 Å². The van der Waals surface area contributed by atoms with Crippen LogP contribution in [0.15, 0.2) is 53.6 Å². The molecule has 1 aromatic carbocycles. The van der Waals surface area contributed by atoms with Crippen molar-refractivity contribution in [3.8, 4) is 16.9 Å². The van der Waals surface area contributed by atoms with Crippen molar-refractivity contribution < 1.29 is 14.9 Å². The molecule has 9 heteroatoms. The molecule has 0 aliphatic carbocycles. The number of para-hydroxylation sites is 1. The van der Waals surface area contributed by atoms with Crippen LogP contribution in [-0.4, -0.2) is 48.4 Å². The summed E-state index contributed by atoms with van der Waals surface area (Å²) in [4.78, 5) is 16.1. The first-order valence-corrected chi connectivity index (χ1v) is 8.51. The molecule has 0 bridgehead atoms. The standard InChI is InChI=1S/C18H19N5O4/c19-17-12(13-6-7-23(21-13)11-4-2-1-3-5-11)9-22(18(26)20-17)16-8-14(25)15(10-24)27-16/h1-7,9,14-16,24-25H,8,10H2,(H2,19,20,26)/t14-,15+,16+/m0/s1. The van der Waals surface area contributed by atoms with Gasteiger partial charge in [0.05, 0.1) is 29.7 Å². The number of nitrogens with zero attached hydrogens (tertiary/aromatic N) is 4. The smallest absolute Gasteiger partial charge is 0.351 e. The van der Waals surface area contributed by atoms with Crippen molar-refractivity contribution in [2.24, 2.45) is 0 Å². The summed E-state index contributed by atoms with van der Waals surface area (Å²) in [5, 5.41) is 23.7. The van der Waals surface area contributed by atoms with E-state index in [2.05, 4.69) is 10.1 Å². The Morgan fingerprint density at radius 2 is 2.04 bits per heavy atom. The van der Waals surface area contributed by atoms with Crippen LogP contribution in [0.4, 0.5) is 5.82 Å². The Morgan fingerprint density at radius 1 is 1.26 bits per heavy atom. The number of aromatic nitrogens is 4. The molecule has 0 unspecified atom stereocenters. The van der Waals surface area contributed by atoms with Crippen molar-refractivity contribution in [3.63, 3.8) is 0 Å². The number of rotatable bonds is 4. The fraction of sp³-hybridized carbons (Fsp3) is 0.278. The highest BCUT2D eigenvalue weighted by Crippen LogP contribution is 2.29. The molecule has 0 saturated carbocycles. The monoisotopic (exact) mass is 369 g/mol. The molecule has 1 fully saturated rings. The van der Waals surface area contributed by atoms with Crippen molar-refractivity contribution in [1.29, 1.82) is 0 Å². The van der Waals surface area contributed by atoms with Crippen LogP contribution in [0, 0.1) is 0 Å². The fourth-order valence-electron chi connectivity index (χ4n) is 3.13. The molecule has 140 valence electrons. The van der Waals surface area contributed by atoms with Gasteiger partial charge in [-0.2, -0.15) is 10.1 Å². The molecule has 0 radical (unpaired) electrons. The quantitative estimate of drug-likeness (QED) is 0.604. The van der Waals surface area contributed by atoms with Crippen LogP contribution in [-0.2, 0) is 4.74 Å². The zero-order valence-electron chi connectivity index (χ0n) is 14.3. The third-order valence-corrected chi connectivity index (χ3v) is 4.56. The number of hydrogen-bond donors (Lipinski definition) is 3. The number of ether oxygens (including phenoxy) is 1. The first kappa shape index (κ1) is 17.4. The molecule has 4 rings (SSSR count). The van der Waals surface area contributed by atoms with Gasteiger partial charge in [0.15, 0.2) is 0 Å². The highest BCUT2D eigenvalue weighted by molar-refractivity contribution is 5.69. The third kappa shape index (κ3) is 3.23. The van der Waals surface area contributed by atoms with E-state index in [4.69, 9.17) is 10.5 Å². The summed E-state index contributed by atoms with van der Waals surface area (Å²) in [6, 6.07) is 11.3. The van der Waals surface area contributed by atoms with Crippen LogP contribution in [0.3, 0.4) is 0 Å². The number of nitrogen functional groups attached to an aromatic ring is 1. The summed E-state index contributed by atoms with van der Waals surface area (Å²) < 4.78 is 8.52. The normalized spacial score (nSPS) is 22.2. The minimum atomic E-state index is -0.856. The van der Waals surface area contributed by atoms with E-state index >= 15 is 0 Å². The topological polar surface area (TPSA) is 128 Å². The maximum absolute atomic E-state index is 12.3. The summed E-state index contributed by atoms with van der Waals surface area (Å²) in [6.45, 7) is -0.330. The predicted molar refractivity (Wildman–Crippen MR) is 97.1 cm³/mol. The van der Waals surface area contributed by atoms with Crippen molar-refractivity contribution >= 4 is 5.82 Å². The number of benzene rings is 1. The average Bonchev–Trinajstić information content (AvgIpc) is 3.29. The maximum Gasteiger partial charge on any atom is 0.351 e. The number of nitrogens with two attached hydrogens (primary N) is 1. The van der Waals surface area contributed by atoms with Gasteiger partial charge >= 0.3 is 5.69 Å². The minimum Gasteiger partial charge on any atom is -0.394 e. The highest BCUT2D eigenvalue weighted by atomic mass is 16.5. The van der Waals surface area contributed by atoms with E-state index in [1.807, 2.05) is 30.3 Å². The van der Waals surface area contributed by atoms with Crippen LogP contribution in [0.5, 0.6) is 0 Å². The van der Waals surface area contributed by atoms with Gasteiger partial charge in [0.25, 0.3) is 0 Å². The molecule has 0 amide bonds. The largest absolute Gasteiger partial charge is 0.394 e. The molecule has 3 aromatic rings. The van der Waals surface area contributed by atoms with Crippen molar-refractivity contribution in [2.75, 3.05) is 12.3 Å². The second-order valence-corrected chi connectivity index (χ2v) is 6.33. The van der Waals surface area contributed by atoms with Crippen LogP contribution < -0.4 is 11.4 Å². The summed E-state index contributed by atoms with van der Waals surface area (Å²) in [6.07, 6.45) is 1.17. The molecule has 4 N–H and O–H groups in total. The molecule has 1 saturated heterocycles.